The van der Waals surface area contributed by atoms with Crippen LogP contribution in [-0.2, 0) is 5.92 Å². The summed E-state index contributed by atoms with van der Waals surface area (Å²) >= 11 is 0. The molecule has 4 rings (SSSR count). The maximum absolute atomic E-state index is 13.6. The molecule has 8 heteroatoms. The van der Waals surface area contributed by atoms with Crippen LogP contribution in [0.1, 0.15) is 30.7 Å². The van der Waals surface area contributed by atoms with Gasteiger partial charge in [-0.3, -0.25) is 9.38 Å². The minimum atomic E-state index is -3.14. The number of alkyl halides is 4. The molecule has 0 saturated heterocycles. The molecular formula is C16H12F4N4. The summed E-state index contributed by atoms with van der Waals surface area (Å²) in [6.07, 6.45) is 2.63. The average Bonchev–Trinajstić information content (AvgIpc) is 2.96. The Hall–Kier alpha value is -2.51. The number of hydrogen-bond acceptors (Lipinski definition) is 3. The lowest BCUT2D eigenvalue weighted by Crippen LogP contribution is -2.12. The van der Waals surface area contributed by atoms with Gasteiger partial charge in [0.05, 0.1) is 17.8 Å². The molecule has 24 heavy (non-hydrogen) atoms. The summed E-state index contributed by atoms with van der Waals surface area (Å²) in [5.41, 5.74) is 1.85. The van der Waals surface area contributed by atoms with Crippen LogP contribution >= 0.6 is 0 Å². The van der Waals surface area contributed by atoms with Crippen LogP contribution in [0.5, 0.6) is 0 Å². The van der Waals surface area contributed by atoms with Crippen molar-refractivity contribution >= 4 is 5.65 Å². The molecule has 2 heterocycles. The van der Waals surface area contributed by atoms with Gasteiger partial charge in [0.25, 0.3) is 5.92 Å². The molecule has 2 aromatic heterocycles. The molecule has 4 nitrogen and oxygen atoms in total. The first-order valence-corrected chi connectivity index (χ1v) is 7.33. The molecule has 0 aliphatic heterocycles. The summed E-state index contributed by atoms with van der Waals surface area (Å²) in [6.45, 7) is 0.744. The lowest BCUT2D eigenvalue weighted by molar-refractivity contribution is 0.00668. The van der Waals surface area contributed by atoms with Crippen molar-refractivity contribution in [2.24, 2.45) is 0 Å². The second kappa shape index (κ2) is 4.75. The van der Waals surface area contributed by atoms with Crippen LogP contribution in [0.3, 0.4) is 0 Å². The van der Waals surface area contributed by atoms with Gasteiger partial charge in [-0.25, -0.2) is 8.78 Å². The fraction of sp³-hybridized carbons (Fsp3) is 0.312. The number of halogens is 4. The molecule has 1 fully saturated rings. The van der Waals surface area contributed by atoms with Crippen LogP contribution < -0.4 is 0 Å². The quantitative estimate of drug-likeness (QED) is 0.678. The first-order valence-electron chi connectivity index (χ1n) is 7.33. The van der Waals surface area contributed by atoms with Crippen LogP contribution in [0.4, 0.5) is 17.6 Å². The Labute approximate surface area is 134 Å². The summed E-state index contributed by atoms with van der Waals surface area (Å²) < 4.78 is 54.5. The highest BCUT2D eigenvalue weighted by atomic mass is 19.3. The van der Waals surface area contributed by atoms with Gasteiger partial charge >= 0.3 is 5.92 Å². The van der Waals surface area contributed by atoms with E-state index in [1.165, 1.54) is 16.8 Å². The van der Waals surface area contributed by atoms with Crippen LogP contribution in [0, 0.1) is 0 Å². The topological polar surface area (TPSA) is 43.1 Å². The third kappa shape index (κ3) is 2.42. The molecule has 0 unspecified atom stereocenters. The van der Waals surface area contributed by atoms with Crippen LogP contribution in [-0.4, -0.2) is 25.5 Å². The van der Waals surface area contributed by atoms with E-state index in [1.807, 2.05) is 0 Å². The highest BCUT2D eigenvalue weighted by Crippen LogP contribution is 2.55. The molecule has 1 atom stereocenters. The maximum Gasteiger partial charge on any atom is 0.304 e. The van der Waals surface area contributed by atoms with Gasteiger partial charge in [0.2, 0.25) is 5.82 Å². The van der Waals surface area contributed by atoms with E-state index >= 15 is 0 Å². The first kappa shape index (κ1) is 15.0. The molecule has 124 valence electrons. The lowest BCUT2D eigenvalue weighted by Gasteiger charge is -2.09. The Balaban J connectivity index is 1.71. The van der Waals surface area contributed by atoms with Crippen molar-refractivity contribution < 1.29 is 17.6 Å². The fourth-order valence-electron chi connectivity index (χ4n) is 2.71. The van der Waals surface area contributed by atoms with Crippen molar-refractivity contribution in [1.29, 1.82) is 0 Å². The van der Waals surface area contributed by atoms with E-state index in [-0.39, 0.29) is 12.1 Å². The molecule has 0 amide bonds. The van der Waals surface area contributed by atoms with Crippen LogP contribution in [0.15, 0.2) is 36.7 Å². The lowest BCUT2D eigenvalue weighted by atomic mass is 10.1. The SMILES string of the molecule is CC(F)(F)c1nnc2cnc(-c3ccc([C@@H]4CC4(F)F)cc3)cn12. The molecule has 3 aromatic rings. The molecule has 1 aliphatic rings. The molecule has 0 bridgehead atoms. The Morgan fingerprint density at radius 2 is 1.83 bits per heavy atom. The second-order valence-electron chi connectivity index (χ2n) is 6.05. The zero-order valence-corrected chi connectivity index (χ0v) is 12.5. The summed E-state index contributed by atoms with van der Waals surface area (Å²) in [5.74, 6) is -6.97. The highest BCUT2D eigenvalue weighted by molar-refractivity contribution is 5.60. The summed E-state index contributed by atoms with van der Waals surface area (Å²) in [7, 11) is 0. The molecule has 1 aromatic carbocycles. The Kier molecular flexibility index (Phi) is 2.98. The number of fused-ring (bicyclic) bond motifs is 1. The van der Waals surface area contributed by atoms with E-state index < -0.39 is 23.6 Å². The maximum atomic E-state index is 13.6. The minimum absolute atomic E-state index is 0.133. The van der Waals surface area contributed by atoms with E-state index in [9.17, 15) is 17.6 Å². The smallest absolute Gasteiger partial charge is 0.278 e. The third-order valence-electron chi connectivity index (χ3n) is 4.12. The van der Waals surface area contributed by atoms with Crippen molar-refractivity contribution in [2.45, 2.75) is 31.1 Å². The number of aromatic nitrogens is 4. The summed E-state index contributed by atoms with van der Waals surface area (Å²) in [5, 5.41) is 7.17. The van der Waals surface area contributed by atoms with E-state index in [4.69, 9.17) is 0 Å². The van der Waals surface area contributed by atoms with Gasteiger partial charge in [0.15, 0.2) is 5.65 Å². The molecule has 1 saturated carbocycles. The zero-order valence-electron chi connectivity index (χ0n) is 12.5. The number of rotatable bonds is 3. The Morgan fingerprint density at radius 1 is 1.17 bits per heavy atom. The van der Waals surface area contributed by atoms with Crippen molar-refractivity contribution in [2.75, 3.05) is 0 Å². The van der Waals surface area contributed by atoms with Crippen molar-refractivity contribution in [3.8, 4) is 11.3 Å². The van der Waals surface area contributed by atoms with E-state index in [2.05, 4.69) is 15.2 Å². The van der Waals surface area contributed by atoms with Crippen LogP contribution in [0.25, 0.3) is 16.9 Å². The number of hydrogen-bond donors (Lipinski definition) is 0. The van der Waals surface area contributed by atoms with Gasteiger partial charge in [-0.05, 0) is 5.56 Å². The fourth-order valence-corrected chi connectivity index (χ4v) is 2.71. The largest absolute Gasteiger partial charge is 0.304 e. The van der Waals surface area contributed by atoms with Gasteiger partial charge in [-0.1, -0.05) is 24.3 Å². The summed E-state index contributed by atoms with van der Waals surface area (Å²) in [4.78, 5) is 4.17. The van der Waals surface area contributed by atoms with Gasteiger partial charge in [-0.2, -0.15) is 8.78 Å². The summed E-state index contributed by atoms with van der Waals surface area (Å²) in [6, 6.07) is 6.56. The van der Waals surface area contributed by atoms with Gasteiger partial charge in [0, 0.05) is 25.1 Å². The number of nitrogens with zero attached hydrogens (tertiary/aromatic N) is 4. The second-order valence-corrected chi connectivity index (χ2v) is 6.05. The predicted octanol–water partition coefficient (Wildman–Crippen LogP) is 4.03. The predicted molar refractivity (Wildman–Crippen MR) is 78.1 cm³/mol. The highest BCUT2D eigenvalue weighted by Gasteiger charge is 2.57. The third-order valence-corrected chi connectivity index (χ3v) is 4.12. The first-order chi connectivity index (χ1) is 11.3. The Bertz CT molecular complexity index is 912. The van der Waals surface area contributed by atoms with Crippen LogP contribution in [0.2, 0.25) is 0 Å². The molecular weight excluding hydrogens is 324 g/mol. The number of benzene rings is 1. The van der Waals surface area contributed by atoms with E-state index in [1.54, 1.807) is 24.3 Å². The minimum Gasteiger partial charge on any atom is -0.278 e. The zero-order chi connectivity index (χ0) is 17.1. The van der Waals surface area contributed by atoms with Gasteiger partial charge < -0.3 is 0 Å². The molecule has 0 N–H and O–H groups in total. The average molecular weight is 336 g/mol. The van der Waals surface area contributed by atoms with Crippen molar-refractivity contribution in [3.05, 3.63) is 48.0 Å². The van der Waals surface area contributed by atoms with E-state index in [0.29, 0.717) is 16.8 Å². The molecule has 0 radical (unpaired) electrons. The monoisotopic (exact) mass is 336 g/mol. The molecule has 1 aliphatic carbocycles. The normalized spacial score (nSPS) is 19.6. The standard InChI is InChI=1S/C16H12F4N4/c1-15(17,18)14-23-22-13-7-21-12(8-24(13)14)10-4-2-9(3-5-10)11-6-16(11,19)20/h2-5,7-8,11H,6H2,1H3/t11-/m0/s1. The Morgan fingerprint density at radius 3 is 2.42 bits per heavy atom. The van der Waals surface area contributed by atoms with Crippen molar-refractivity contribution in [3.63, 3.8) is 0 Å². The van der Waals surface area contributed by atoms with Gasteiger partial charge in [0.1, 0.15) is 0 Å². The van der Waals surface area contributed by atoms with Gasteiger partial charge in [-0.15, -0.1) is 10.2 Å². The molecule has 0 spiro atoms. The van der Waals surface area contributed by atoms with E-state index in [0.717, 1.165) is 6.92 Å². The van der Waals surface area contributed by atoms with Crippen molar-refractivity contribution in [1.82, 2.24) is 19.6 Å².